The second kappa shape index (κ2) is 7.90. The first kappa shape index (κ1) is 20.3. The lowest BCUT2D eigenvalue weighted by Crippen LogP contribution is -2.41. The van der Waals surface area contributed by atoms with Crippen molar-refractivity contribution in [3.63, 3.8) is 0 Å². The van der Waals surface area contributed by atoms with Gasteiger partial charge in [-0.2, -0.15) is 0 Å². The van der Waals surface area contributed by atoms with Crippen molar-refractivity contribution >= 4 is 12.6 Å². The van der Waals surface area contributed by atoms with Crippen LogP contribution in [0.5, 0.6) is 17.2 Å². The summed E-state index contributed by atoms with van der Waals surface area (Å²) in [6.45, 7) is 10.9. The first-order valence-electron chi connectivity index (χ1n) is 9.72. The summed E-state index contributed by atoms with van der Waals surface area (Å²) in [5.41, 5.74) is 0.0570. The van der Waals surface area contributed by atoms with Crippen LogP contribution < -0.4 is 25.0 Å². The van der Waals surface area contributed by atoms with Gasteiger partial charge in [0.25, 0.3) is 0 Å². The van der Waals surface area contributed by atoms with Crippen molar-refractivity contribution in [2.24, 2.45) is 5.92 Å². The van der Waals surface area contributed by atoms with E-state index in [4.69, 9.17) is 23.5 Å². The van der Waals surface area contributed by atoms with Gasteiger partial charge in [-0.25, -0.2) is 0 Å². The minimum absolute atomic E-state index is 0.400. The van der Waals surface area contributed by atoms with Crippen LogP contribution in [0.3, 0.4) is 0 Å². The van der Waals surface area contributed by atoms with Crippen molar-refractivity contribution in [3.8, 4) is 17.2 Å². The SMILES string of the molecule is COc1cc(B2OC(C)(C)C(C)(C)O2)cc(OC)c1OCC1CCNCC1. The van der Waals surface area contributed by atoms with Crippen molar-refractivity contribution in [3.05, 3.63) is 12.1 Å². The highest BCUT2D eigenvalue weighted by Crippen LogP contribution is 2.40. The molecule has 7 heteroatoms. The molecule has 150 valence electrons. The average molecular weight is 377 g/mol. The highest BCUT2D eigenvalue weighted by Gasteiger charge is 2.52. The third-order valence-corrected chi connectivity index (χ3v) is 5.93. The predicted molar refractivity (Wildman–Crippen MR) is 106 cm³/mol. The zero-order chi connectivity index (χ0) is 19.7. The summed E-state index contributed by atoms with van der Waals surface area (Å²) < 4.78 is 29.7. The maximum Gasteiger partial charge on any atom is 0.495 e. The van der Waals surface area contributed by atoms with Crippen LogP contribution in [0.25, 0.3) is 0 Å². The molecule has 2 aliphatic heterocycles. The molecule has 3 rings (SSSR count). The second-order valence-corrected chi connectivity index (χ2v) is 8.35. The van der Waals surface area contributed by atoms with Gasteiger partial charge in [0.15, 0.2) is 11.5 Å². The number of hydrogen-bond donors (Lipinski definition) is 1. The minimum atomic E-state index is -0.476. The zero-order valence-corrected chi connectivity index (χ0v) is 17.4. The largest absolute Gasteiger partial charge is 0.495 e. The molecular formula is C20H32BNO5. The molecule has 0 aliphatic carbocycles. The third-order valence-electron chi connectivity index (χ3n) is 5.93. The van der Waals surface area contributed by atoms with E-state index >= 15 is 0 Å². The first-order valence-corrected chi connectivity index (χ1v) is 9.72. The van der Waals surface area contributed by atoms with Gasteiger partial charge in [-0.3, -0.25) is 0 Å². The molecule has 2 heterocycles. The molecular weight excluding hydrogens is 345 g/mol. The van der Waals surface area contributed by atoms with Crippen LogP contribution in [0.4, 0.5) is 0 Å². The molecule has 2 fully saturated rings. The summed E-state index contributed by atoms with van der Waals surface area (Å²) in [4.78, 5) is 0. The molecule has 1 aromatic carbocycles. The fraction of sp³-hybridized carbons (Fsp3) is 0.700. The highest BCUT2D eigenvalue weighted by molar-refractivity contribution is 6.62. The molecule has 0 spiro atoms. The molecule has 0 unspecified atom stereocenters. The quantitative estimate of drug-likeness (QED) is 0.769. The molecule has 0 saturated carbocycles. The van der Waals surface area contributed by atoms with Crippen molar-refractivity contribution in [1.29, 1.82) is 0 Å². The summed E-state index contributed by atoms with van der Waals surface area (Å²) in [5.74, 6) is 2.45. The Balaban J connectivity index is 1.82. The Morgan fingerprint density at radius 3 is 2.00 bits per heavy atom. The van der Waals surface area contributed by atoms with Gasteiger partial charge in [0.1, 0.15) is 0 Å². The Morgan fingerprint density at radius 1 is 1.00 bits per heavy atom. The Kier molecular flexibility index (Phi) is 5.94. The fourth-order valence-corrected chi connectivity index (χ4v) is 3.41. The van der Waals surface area contributed by atoms with E-state index < -0.39 is 18.3 Å². The Bertz CT molecular complexity index is 617. The maximum absolute atomic E-state index is 6.16. The van der Waals surface area contributed by atoms with Crippen LogP contribution in [-0.4, -0.2) is 52.2 Å². The van der Waals surface area contributed by atoms with Gasteiger partial charge in [-0.1, -0.05) is 0 Å². The molecule has 0 radical (unpaired) electrons. The van der Waals surface area contributed by atoms with Crippen molar-refractivity contribution in [1.82, 2.24) is 5.32 Å². The molecule has 6 nitrogen and oxygen atoms in total. The molecule has 0 aromatic heterocycles. The Morgan fingerprint density at radius 2 is 1.52 bits per heavy atom. The zero-order valence-electron chi connectivity index (χ0n) is 17.4. The first-order chi connectivity index (χ1) is 12.8. The van der Waals surface area contributed by atoms with E-state index in [0.717, 1.165) is 31.4 Å². The normalized spacial score (nSPS) is 21.9. The van der Waals surface area contributed by atoms with Crippen LogP contribution in [0.15, 0.2) is 12.1 Å². The lowest BCUT2D eigenvalue weighted by atomic mass is 9.78. The van der Waals surface area contributed by atoms with E-state index in [1.165, 1.54) is 0 Å². The number of methoxy groups -OCH3 is 2. The van der Waals surface area contributed by atoms with E-state index in [2.05, 4.69) is 5.32 Å². The van der Waals surface area contributed by atoms with Gasteiger partial charge in [-0.15, -0.1) is 0 Å². The van der Waals surface area contributed by atoms with Gasteiger partial charge in [0.05, 0.1) is 32.0 Å². The number of nitrogens with one attached hydrogen (secondary N) is 1. The second-order valence-electron chi connectivity index (χ2n) is 8.35. The Labute approximate surface area is 163 Å². The molecule has 2 aliphatic rings. The summed E-state index contributed by atoms with van der Waals surface area (Å²) in [6.07, 6.45) is 2.24. The smallest absolute Gasteiger partial charge is 0.493 e. The van der Waals surface area contributed by atoms with Crippen LogP contribution in [0.1, 0.15) is 40.5 Å². The predicted octanol–water partition coefficient (Wildman–Crippen LogP) is 2.38. The molecule has 1 N–H and O–H groups in total. The third kappa shape index (κ3) is 4.20. The van der Waals surface area contributed by atoms with E-state index in [9.17, 15) is 0 Å². The van der Waals surface area contributed by atoms with E-state index in [1.54, 1.807) is 14.2 Å². The van der Waals surface area contributed by atoms with Crippen LogP contribution in [0, 0.1) is 5.92 Å². The lowest BCUT2D eigenvalue weighted by Gasteiger charge is -2.32. The summed E-state index contributed by atoms with van der Waals surface area (Å²) in [5, 5.41) is 3.38. The molecule has 0 atom stereocenters. The standard InChI is InChI=1S/C20H32BNO5/c1-19(2)20(3,4)27-21(26-19)15-11-16(23-5)18(17(12-15)24-6)25-13-14-7-9-22-10-8-14/h11-12,14,22H,7-10,13H2,1-6H3. The topological polar surface area (TPSA) is 58.2 Å². The van der Waals surface area contributed by atoms with Gasteiger partial charge in [-0.05, 0) is 77.1 Å². The van der Waals surface area contributed by atoms with Crippen molar-refractivity contribution < 1.29 is 23.5 Å². The van der Waals surface area contributed by atoms with Crippen LogP contribution in [0.2, 0.25) is 0 Å². The van der Waals surface area contributed by atoms with Crippen LogP contribution >= 0.6 is 0 Å². The van der Waals surface area contributed by atoms with Gasteiger partial charge >= 0.3 is 7.12 Å². The average Bonchev–Trinajstić information content (AvgIpc) is 2.87. The van der Waals surface area contributed by atoms with E-state index in [0.29, 0.717) is 29.8 Å². The number of benzene rings is 1. The molecule has 2 saturated heterocycles. The summed E-state index contributed by atoms with van der Waals surface area (Å²) in [7, 11) is 2.80. The molecule has 0 amide bonds. The minimum Gasteiger partial charge on any atom is -0.493 e. The highest BCUT2D eigenvalue weighted by atomic mass is 16.7. The number of piperidine rings is 1. The fourth-order valence-electron chi connectivity index (χ4n) is 3.41. The summed E-state index contributed by atoms with van der Waals surface area (Å²) in [6, 6.07) is 3.84. The van der Waals surface area contributed by atoms with Crippen molar-refractivity contribution in [2.45, 2.75) is 51.7 Å². The monoisotopic (exact) mass is 377 g/mol. The maximum atomic E-state index is 6.16. The van der Waals surface area contributed by atoms with E-state index in [-0.39, 0.29) is 0 Å². The number of hydrogen-bond acceptors (Lipinski definition) is 6. The molecule has 1 aromatic rings. The number of ether oxygens (including phenoxy) is 3. The number of rotatable bonds is 6. The van der Waals surface area contributed by atoms with Gasteiger partial charge in [0.2, 0.25) is 5.75 Å². The Hall–Kier alpha value is -1.44. The van der Waals surface area contributed by atoms with E-state index in [1.807, 2.05) is 39.8 Å². The molecule has 0 bridgehead atoms. The summed E-state index contributed by atoms with van der Waals surface area (Å²) >= 11 is 0. The van der Waals surface area contributed by atoms with Gasteiger partial charge in [0, 0.05) is 0 Å². The van der Waals surface area contributed by atoms with Gasteiger partial charge < -0.3 is 28.8 Å². The van der Waals surface area contributed by atoms with Crippen molar-refractivity contribution in [2.75, 3.05) is 33.9 Å². The molecule has 27 heavy (non-hydrogen) atoms. The lowest BCUT2D eigenvalue weighted by molar-refractivity contribution is 0.00578. The van der Waals surface area contributed by atoms with Crippen LogP contribution in [-0.2, 0) is 9.31 Å².